The van der Waals surface area contributed by atoms with Crippen LogP contribution >= 0.6 is 0 Å². The van der Waals surface area contributed by atoms with E-state index < -0.39 is 137 Å². The molecule has 0 unspecified atom stereocenters. The van der Waals surface area contributed by atoms with Gasteiger partial charge >= 0.3 is 5.82 Å². The summed E-state index contributed by atoms with van der Waals surface area (Å²) in [7, 11) is 0. The first-order valence-electron chi connectivity index (χ1n) is 19.5. The van der Waals surface area contributed by atoms with Crippen LogP contribution in [0.4, 0.5) is 75.8 Å². The summed E-state index contributed by atoms with van der Waals surface area (Å²) in [6.07, 6.45) is 0. The third-order valence-corrected chi connectivity index (χ3v) is 10.5. The molecule has 0 N–H and O–H groups in total. The van der Waals surface area contributed by atoms with Crippen LogP contribution in [-0.4, -0.2) is 29.9 Å². The first-order chi connectivity index (χ1) is 37.2. The van der Waals surface area contributed by atoms with Crippen LogP contribution in [0.25, 0.3) is 79.1 Å². The predicted molar refractivity (Wildman–Crippen MR) is 233 cm³/mol. The Hall–Kier alpha value is -12.8. The Morgan fingerprint density at radius 2 is 0.641 bits per heavy atom. The van der Waals surface area contributed by atoms with Gasteiger partial charge in [-0.1, -0.05) is 19.7 Å². The molecule has 1 aliphatic carbocycles. The van der Waals surface area contributed by atoms with E-state index in [1.165, 1.54) is 0 Å². The molecule has 78 heavy (non-hydrogen) atoms. The van der Waals surface area contributed by atoms with E-state index in [-0.39, 0.29) is 67.6 Å². The minimum atomic E-state index is -2.52. The summed E-state index contributed by atoms with van der Waals surface area (Å²) < 4.78 is 177. The lowest BCUT2D eigenvalue weighted by atomic mass is 10.00. The minimum absolute atomic E-state index is 0.000622. The van der Waals surface area contributed by atoms with Crippen molar-refractivity contribution in [3.63, 3.8) is 0 Å². The monoisotopic (exact) mass is 1060 g/mol. The van der Waals surface area contributed by atoms with Crippen LogP contribution in [0.3, 0.4) is 0 Å². The maximum atomic E-state index is 15.1. The van der Waals surface area contributed by atoms with Gasteiger partial charge in [0.1, 0.15) is 75.7 Å². The fourth-order valence-electron chi connectivity index (χ4n) is 7.16. The zero-order chi connectivity index (χ0) is 57.5. The molecule has 7 aromatic rings. The van der Waals surface area contributed by atoms with Gasteiger partial charge in [0.05, 0.1) is 42.0 Å². The van der Waals surface area contributed by atoms with Crippen molar-refractivity contribution >= 4 is 73.2 Å². The van der Waals surface area contributed by atoms with E-state index in [0.29, 0.717) is 0 Å². The van der Waals surface area contributed by atoms with Gasteiger partial charge in [0, 0.05) is 0 Å². The summed E-state index contributed by atoms with van der Waals surface area (Å²) in [5, 5.41) is 55.4. The predicted octanol–water partition coefficient (Wildman–Crippen LogP) is 11.4. The summed E-state index contributed by atoms with van der Waals surface area (Å²) in [6.45, 7) is 43.2. The third-order valence-electron chi connectivity index (χ3n) is 10.5. The normalized spacial score (nSPS) is 12.9. The molecule has 1 aliphatic rings. The lowest BCUT2D eigenvalue weighted by Crippen LogP contribution is -2.06. The molecule has 1 fully saturated rings. The highest BCUT2D eigenvalue weighted by Gasteiger charge is 2.46. The smallest absolute Gasteiger partial charge is 0.307 e. The van der Waals surface area contributed by atoms with Crippen LogP contribution < -0.4 is 0 Å². The van der Waals surface area contributed by atoms with E-state index in [1.54, 1.807) is 18.2 Å². The second kappa shape index (κ2) is 20.0. The van der Waals surface area contributed by atoms with Crippen molar-refractivity contribution in [2.75, 3.05) is 0 Å². The van der Waals surface area contributed by atoms with Gasteiger partial charge in [-0.15, -0.1) is 15.0 Å². The van der Waals surface area contributed by atoms with Crippen molar-refractivity contribution in [2.45, 2.75) is 0 Å². The van der Waals surface area contributed by atoms with Gasteiger partial charge in [-0.05, 0) is 16.7 Å². The highest BCUT2D eigenvalue weighted by atomic mass is 19.2. The van der Waals surface area contributed by atoms with Crippen molar-refractivity contribution in [1.29, 1.82) is 31.6 Å². The molecular formula is C48F12N18. The first kappa shape index (κ1) is 53.0. The Labute approximate surface area is 422 Å². The molecule has 18 nitrogen and oxygen atoms in total. The second-order valence-corrected chi connectivity index (χ2v) is 14.3. The van der Waals surface area contributed by atoms with Gasteiger partial charge < -0.3 is 14.5 Å². The average Bonchev–Trinajstić information content (AvgIpc) is 4.27. The number of allylic oxidation sites excluding steroid dienone is 4. The number of benzene rings is 4. The topological polar surface area (TPSA) is 246 Å². The quantitative estimate of drug-likeness (QED) is 0.0527. The summed E-state index contributed by atoms with van der Waals surface area (Å²) in [4.78, 5) is 41.8. The largest absolute Gasteiger partial charge is 0.370 e. The number of hydrogen-bond acceptors (Lipinski definition) is 12. The van der Waals surface area contributed by atoms with Gasteiger partial charge in [-0.25, -0.2) is 82.2 Å². The molecule has 0 spiro atoms. The Morgan fingerprint density at radius 1 is 0.333 bits per heavy atom. The second-order valence-electron chi connectivity index (χ2n) is 14.3. The van der Waals surface area contributed by atoms with E-state index >= 15 is 26.3 Å². The molecule has 30 heteroatoms. The lowest BCUT2D eigenvalue weighted by molar-refractivity contribution is 0.446. The molecule has 3 aromatic heterocycles. The number of nitrogens with zero attached hydrogens (tertiary/aromatic N) is 18. The molecular weight excluding hydrogens is 1060 g/mol. The van der Waals surface area contributed by atoms with Crippen LogP contribution in [0.15, 0.2) is 16.7 Å². The molecule has 0 saturated heterocycles. The molecule has 4 aromatic carbocycles. The van der Waals surface area contributed by atoms with Crippen LogP contribution in [-0.2, 0) is 0 Å². The minimum Gasteiger partial charge on any atom is -0.370 e. The molecule has 0 radical (unpaired) electrons. The van der Waals surface area contributed by atoms with Crippen molar-refractivity contribution in [3.05, 3.63) is 200 Å². The summed E-state index contributed by atoms with van der Waals surface area (Å²) >= 11 is 0. The van der Waals surface area contributed by atoms with Crippen LogP contribution in [0.5, 0.6) is 0 Å². The van der Waals surface area contributed by atoms with Crippen molar-refractivity contribution < 1.29 is 52.7 Å². The van der Waals surface area contributed by atoms with E-state index in [1.807, 2.05) is 0 Å². The molecule has 0 aliphatic heterocycles. The van der Waals surface area contributed by atoms with Crippen molar-refractivity contribution in [2.24, 2.45) is 0 Å². The molecule has 3 heterocycles. The van der Waals surface area contributed by atoms with Gasteiger partial charge in [0.15, 0.2) is 75.3 Å². The Bertz CT molecular complexity index is 4020. The summed E-state index contributed by atoms with van der Waals surface area (Å²) in [5.74, 6) is -30.5. The number of hydrogen-bond donors (Lipinski definition) is 0. The zero-order valence-corrected chi connectivity index (χ0v) is 36.6. The van der Waals surface area contributed by atoms with Gasteiger partial charge in [0.2, 0.25) is 22.4 Å². The highest BCUT2D eigenvalue weighted by molar-refractivity contribution is 6.19. The Kier molecular flexibility index (Phi) is 13.6. The van der Waals surface area contributed by atoms with Gasteiger partial charge in [-0.3, -0.25) is 0 Å². The van der Waals surface area contributed by atoms with E-state index in [2.05, 4.69) is 59.0 Å². The van der Waals surface area contributed by atoms with E-state index in [0.717, 1.165) is 18.2 Å². The van der Waals surface area contributed by atoms with E-state index in [9.17, 15) is 47.4 Å². The lowest BCUT2D eigenvalue weighted by Gasteiger charge is -2.08. The molecule has 366 valence electrons. The Balaban J connectivity index is 0.000000251. The first-order valence-corrected chi connectivity index (χ1v) is 19.5. The zero-order valence-electron chi connectivity index (χ0n) is 36.6. The molecule has 1 saturated carbocycles. The third kappa shape index (κ3) is 7.78. The van der Waals surface area contributed by atoms with Crippen LogP contribution in [0.1, 0.15) is 44.9 Å². The summed E-state index contributed by atoms with van der Waals surface area (Å²) in [6, 6.07) is 7.81. The number of fused-ring (bicyclic) bond motifs is 6. The molecule has 0 amide bonds. The number of halogens is 12. The Morgan fingerprint density at radius 3 is 0.936 bits per heavy atom. The maximum Gasteiger partial charge on any atom is 0.307 e. The van der Waals surface area contributed by atoms with Gasteiger partial charge in [0.25, 0.3) is 22.8 Å². The SMILES string of the molecule is [C-]#[N+]C(=C1C(=C(C#N)c2c(F)c(F)c(C#N)c(F)c2F)C1=C([N+]#[C-])c1c(F)c(F)c([N+]#[C-])c(F)c1F)c1c(F)c(F)c(C#N)c(F)c1F.[C-]#[N+]c1nc2c(nc1C#N)c1nc(C#N)c(C#N)nc1c1nc([N+]#[C-])c([N+]#[C-])nc21. The standard InChI is InChI=1S/C30F12N6.C18N12/c1-46-28(14-22(37)18(33)9(6-45)19(34)23(14)38)12-10(7(4-43)11-20(35)16(31)8(5-44)17(32)21(11)36)13(12)29(47-2)15-24(39)26(41)30(48-3)27(42)25(15)40;1-22-16-9(6-21)27-12-10-11(26-8(5-20)7(4-19)25-10)14-15(13(12)28-16)30-18(24-3)17(23-2)29-14. The highest BCUT2D eigenvalue weighted by Crippen LogP contribution is 2.58. The fraction of sp³-hybridized carbons (Fsp3) is 0. The molecule has 0 bridgehead atoms. The van der Waals surface area contributed by atoms with Crippen LogP contribution in [0, 0.1) is 177 Å². The average molecular weight is 1060 g/mol. The number of aromatic nitrogens is 6. The molecule has 0 atom stereocenters. The number of rotatable bonds is 3. The maximum absolute atomic E-state index is 15.1. The summed E-state index contributed by atoms with van der Waals surface area (Å²) in [5.41, 5.74) is -22.2. The molecule has 8 rings (SSSR count). The van der Waals surface area contributed by atoms with E-state index in [4.69, 9.17) is 50.0 Å². The van der Waals surface area contributed by atoms with Crippen molar-refractivity contribution in [1.82, 2.24) is 29.9 Å². The van der Waals surface area contributed by atoms with Crippen molar-refractivity contribution in [3.8, 4) is 36.4 Å². The number of nitriles is 6. The fourth-order valence-corrected chi connectivity index (χ4v) is 7.16. The van der Waals surface area contributed by atoms with Gasteiger partial charge in [-0.2, -0.15) is 31.6 Å². The van der Waals surface area contributed by atoms with Crippen LogP contribution in [0.2, 0.25) is 0 Å².